The number of hydrogen-bond donors (Lipinski definition) is 2. The van der Waals surface area contributed by atoms with E-state index in [9.17, 15) is 14.4 Å². The van der Waals surface area contributed by atoms with E-state index in [2.05, 4.69) is 21.9 Å². The van der Waals surface area contributed by atoms with Crippen molar-refractivity contribution >= 4 is 17.8 Å². The largest absolute Gasteiger partial charge is 0.467 e. The number of methoxy groups -OCH3 is 1. The summed E-state index contributed by atoms with van der Waals surface area (Å²) in [5.41, 5.74) is 0. The first-order chi connectivity index (χ1) is 8.08. The lowest BCUT2D eigenvalue weighted by Gasteiger charge is -2.17. The van der Waals surface area contributed by atoms with E-state index < -0.39 is 18.1 Å². The van der Waals surface area contributed by atoms with Crippen molar-refractivity contribution < 1.29 is 19.1 Å². The zero-order chi connectivity index (χ0) is 12.8. The van der Waals surface area contributed by atoms with Gasteiger partial charge in [0.15, 0.2) is 0 Å². The second kappa shape index (κ2) is 6.03. The number of ether oxygens (including phenoxy) is 1. The molecule has 0 spiro atoms. The van der Waals surface area contributed by atoms with Gasteiger partial charge in [0.2, 0.25) is 11.8 Å². The SMILES string of the molecule is C=CC[C@H](NC(=O)[C@@H]1CCC(=O)N1)C(=O)OC. The summed E-state index contributed by atoms with van der Waals surface area (Å²) in [6, 6.07) is -1.30. The third kappa shape index (κ3) is 3.58. The normalized spacial score (nSPS) is 20.3. The van der Waals surface area contributed by atoms with Crippen molar-refractivity contribution in [2.45, 2.75) is 31.3 Å². The summed E-state index contributed by atoms with van der Waals surface area (Å²) in [5.74, 6) is -1.04. The molecule has 0 aromatic heterocycles. The molecule has 1 fully saturated rings. The molecule has 1 saturated heterocycles. The molecule has 0 radical (unpaired) electrons. The van der Waals surface area contributed by atoms with Crippen LogP contribution in [0.2, 0.25) is 0 Å². The fourth-order valence-electron chi connectivity index (χ4n) is 1.61. The fraction of sp³-hybridized carbons (Fsp3) is 0.545. The number of rotatable bonds is 5. The molecule has 17 heavy (non-hydrogen) atoms. The number of amides is 2. The van der Waals surface area contributed by atoms with Gasteiger partial charge in [-0.25, -0.2) is 4.79 Å². The second-order valence-electron chi connectivity index (χ2n) is 3.77. The van der Waals surface area contributed by atoms with Crippen molar-refractivity contribution in [3.05, 3.63) is 12.7 Å². The summed E-state index contributed by atoms with van der Waals surface area (Å²) in [6.45, 7) is 3.51. The molecule has 0 unspecified atom stereocenters. The minimum atomic E-state index is -0.748. The zero-order valence-electron chi connectivity index (χ0n) is 9.69. The molecule has 2 atom stereocenters. The van der Waals surface area contributed by atoms with Crippen LogP contribution >= 0.6 is 0 Å². The highest BCUT2D eigenvalue weighted by atomic mass is 16.5. The van der Waals surface area contributed by atoms with Gasteiger partial charge >= 0.3 is 5.97 Å². The molecule has 0 aromatic rings. The Balaban J connectivity index is 2.54. The van der Waals surface area contributed by atoms with E-state index >= 15 is 0 Å². The third-order valence-corrected chi connectivity index (χ3v) is 2.52. The molecule has 0 bridgehead atoms. The molecule has 1 rings (SSSR count). The molecule has 0 aromatic carbocycles. The monoisotopic (exact) mass is 240 g/mol. The molecule has 1 aliphatic rings. The van der Waals surface area contributed by atoms with E-state index in [0.717, 1.165) is 0 Å². The van der Waals surface area contributed by atoms with E-state index in [1.165, 1.54) is 13.2 Å². The number of carbonyl (C=O) groups excluding carboxylic acids is 3. The number of esters is 1. The van der Waals surface area contributed by atoms with Gasteiger partial charge in [-0.3, -0.25) is 9.59 Å². The maximum atomic E-state index is 11.7. The molecule has 94 valence electrons. The first-order valence-electron chi connectivity index (χ1n) is 5.37. The first kappa shape index (κ1) is 13.2. The summed E-state index contributed by atoms with van der Waals surface area (Å²) in [6.07, 6.45) is 2.60. The molecular formula is C11H16N2O4. The summed E-state index contributed by atoms with van der Waals surface area (Å²) in [7, 11) is 1.25. The predicted molar refractivity (Wildman–Crippen MR) is 59.9 cm³/mol. The van der Waals surface area contributed by atoms with Crippen molar-refractivity contribution in [2.75, 3.05) is 7.11 Å². The van der Waals surface area contributed by atoms with Crippen LogP contribution in [-0.2, 0) is 19.1 Å². The summed E-state index contributed by atoms with van der Waals surface area (Å²) in [4.78, 5) is 34.0. The van der Waals surface area contributed by atoms with Crippen LogP contribution in [0.1, 0.15) is 19.3 Å². The van der Waals surface area contributed by atoms with Crippen molar-refractivity contribution in [1.82, 2.24) is 10.6 Å². The minimum Gasteiger partial charge on any atom is -0.467 e. The van der Waals surface area contributed by atoms with Crippen molar-refractivity contribution in [3.8, 4) is 0 Å². The average Bonchev–Trinajstić information content (AvgIpc) is 2.74. The highest BCUT2D eigenvalue weighted by Gasteiger charge is 2.30. The molecular weight excluding hydrogens is 224 g/mol. The quantitative estimate of drug-likeness (QED) is 0.501. The summed E-state index contributed by atoms with van der Waals surface area (Å²) in [5, 5.41) is 5.06. The lowest BCUT2D eigenvalue weighted by atomic mass is 10.1. The lowest BCUT2D eigenvalue weighted by Crippen LogP contribution is -2.48. The zero-order valence-corrected chi connectivity index (χ0v) is 9.69. The molecule has 1 heterocycles. The van der Waals surface area contributed by atoms with Crippen LogP contribution in [0.3, 0.4) is 0 Å². The van der Waals surface area contributed by atoms with Crippen molar-refractivity contribution in [2.24, 2.45) is 0 Å². The maximum absolute atomic E-state index is 11.7. The molecule has 0 aliphatic carbocycles. The molecule has 2 amide bonds. The molecule has 6 nitrogen and oxygen atoms in total. The average molecular weight is 240 g/mol. The van der Waals surface area contributed by atoms with Crippen LogP contribution in [0.15, 0.2) is 12.7 Å². The van der Waals surface area contributed by atoms with Crippen LogP contribution in [-0.4, -0.2) is 37.0 Å². The van der Waals surface area contributed by atoms with Crippen LogP contribution in [0.5, 0.6) is 0 Å². The van der Waals surface area contributed by atoms with E-state index in [-0.39, 0.29) is 11.8 Å². The molecule has 2 N–H and O–H groups in total. The summed E-state index contributed by atoms with van der Waals surface area (Å²) >= 11 is 0. The van der Waals surface area contributed by atoms with Crippen LogP contribution < -0.4 is 10.6 Å². The van der Waals surface area contributed by atoms with E-state index in [0.29, 0.717) is 19.3 Å². The van der Waals surface area contributed by atoms with Crippen LogP contribution in [0, 0.1) is 0 Å². The molecule has 0 saturated carbocycles. The highest BCUT2D eigenvalue weighted by Crippen LogP contribution is 2.07. The minimum absolute atomic E-state index is 0.150. The second-order valence-corrected chi connectivity index (χ2v) is 3.77. The molecule has 6 heteroatoms. The van der Waals surface area contributed by atoms with Crippen LogP contribution in [0.4, 0.5) is 0 Å². The third-order valence-electron chi connectivity index (χ3n) is 2.52. The van der Waals surface area contributed by atoms with Gasteiger partial charge in [0.05, 0.1) is 7.11 Å². The highest BCUT2D eigenvalue weighted by molar-refractivity contribution is 5.93. The maximum Gasteiger partial charge on any atom is 0.328 e. The Hall–Kier alpha value is -1.85. The van der Waals surface area contributed by atoms with Gasteiger partial charge in [-0.1, -0.05) is 6.08 Å². The van der Waals surface area contributed by atoms with Crippen molar-refractivity contribution in [1.29, 1.82) is 0 Å². The standard InChI is InChI=1S/C11H16N2O4/c1-3-4-8(11(16)17-2)13-10(15)7-5-6-9(14)12-7/h3,7-8H,1,4-6H2,2H3,(H,12,14)(H,13,15)/t7-,8-/m0/s1. The Morgan fingerprint density at radius 1 is 1.71 bits per heavy atom. The fourth-order valence-corrected chi connectivity index (χ4v) is 1.61. The Kier molecular flexibility index (Phi) is 4.68. The van der Waals surface area contributed by atoms with Gasteiger partial charge in [0.1, 0.15) is 12.1 Å². The van der Waals surface area contributed by atoms with Crippen LogP contribution in [0.25, 0.3) is 0 Å². The van der Waals surface area contributed by atoms with E-state index in [1.807, 2.05) is 0 Å². The number of carbonyl (C=O) groups is 3. The van der Waals surface area contributed by atoms with E-state index in [4.69, 9.17) is 0 Å². The Morgan fingerprint density at radius 2 is 2.41 bits per heavy atom. The number of nitrogens with one attached hydrogen (secondary N) is 2. The van der Waals surface area contributed by atoms with Crippen molar-refractivity contribution in [3.63, 3.8) is 0 Å². The smallest absolute Gasteiger partial charge is 0.328 e. The Labute approximate surface area is 99.4 Å². The summed E-state index contributed by atoms with van der Waals surface area (Å²) < 4.78 is 4.56. The molecule has 1 aliphatic heterocycles. The van der Waals surface area contributed by atoms with Gasteiger partial charge in [0, 0.05) is 6.42 Å². The predicted octanol–water partition coefficient (Wildman–Crippen LogP) is -0.501. The first-order valence-corrected chi connectivity index (χ1v) is 5.37. The van der Waals surface area contributed by atoms with Gasteiger partial charge in [-0.05, 0) is 12.8 Å². The Morgan fingerprint density at radius 3 is 2.88 bits per heavy atom. The van der Waals surface area contributed by atoms with Gasteiger partial charge in [-0.15, -0.1) is 6.58 Å². The van der Waals surface area contributed by atoms with Gasteiger partial charge < -0.3 is 15.4 Å². The topological polar surface area (TPSA) is 84.5 Å². The van der Waals surface area contributed by atoms with E-state index in [1.54, 1.807) is 0 Å². The van der Waals surface area contributed by atoms with Gasteiger partial charge in [-0.2, -0.15) is 0 Å². The van der Waals surface area contributed by atoms with Gasteiger partial charge in [0.25, 0.3) is 0 Å². The number of hydrogen-bond acceptors (Lipinski definition) is 4. The lowest BCUT2D eigenvalue weighted by molar-refractivity contribution is -0.145. The Bertz CT molecular complexity index is 340.